The number of nitriles is 1. The van der Waals surface area contributed by atoms with Crippen LogP contribution in [0.1, 0.15) is 24.6 Å². The number of anilines is 1. The minimum absolute atomic E-state index is 0.419. The fraction of sp³-hybridized carbons (Fsp3) is 0.231. The molecular formula is C13H14N4. The maximum absolute atomic E-state index is 9.10. The maximum atomic E-state index is 9.10. The number of hydrogen-bond donors (Lipinski definition) is 1. The van der Waals surface area contributed by atoms with Gasteiger partial charge in [-0.2, -0.15) is 10.4 Å². The molecule has 0 aliphatic heterocycles. The summed E-state index contributed by atoms with van der Waals surface area (Å²) in [6.07, 6.45) is 1.72. The lowest BCUT2D eigenvalue weighted by atomic mass is 10.2. The SMILES string of the molecule is CCCc1nn(-c2ccccc2)c(N)c1C#N. The van der Waals surface area contributed by atoms with E-state index in [2.05, 4.69) is 18.1 Å². The average Bonchev–Trinajstić information content (AvgIpc) is 2.67. The van der Waals surface area contributed by atoms with Crippen LogP contribution in [0.3, 0.4) is 0 Å². The third kappa shape index (κ3) is 2.00. The Morgan fingerprint density at radius 2 is 2.06 bits per heavy atom. The van der Waals surface area contributed by atoms with Crippen molar-refractivity contribution in [2.45, 2.75) is 19.8 Å². The van der Waals surface area contributed by atoms with Gasteiger partial charge in [-0.1, -0.05) is 31.5 Å². The average molecular weight is 226 g/mol. The van der Waals surface area contributed by atoms with Crippen LogP contribution in [0.5, 0.6) is 0 Å². The molecule has 2 aromatic rings. The van der Waals surface area contributed by atoms with Crippen molar-refractivity contribution in [3.05, 3.63) is 41.6 Å². The molecule has 86 valence electrons. The van der Waals surface area contributed by atoms with Crippen LogP contribution >= 0.6 is 0 Å². The summed E-state index contributed by atoms with van der Waals surface area (Å²) in [6, 6.07) is 11.7. The normalized spacial score (nSPS) is 10.1. The molecule has 0 fully saturated rings. The molecule has 0 aliphatic rings. The number of aromatic nitrogens is 2. The van der Waals surface area contributed by atoms with Gasteiger partial charge in [0.05, 0.1) is 11.4 Å². The minimum atomic E-state index is 0.419. The lowest BCUT2D eigenvalue weighted by Gasteiger charge is -2.02. The smallest absolute Gasteiger partial charge is 0.145 e. The van der Waals surface area contributed by atoms with E-state index >= 15 is 0 Å². The van der Waals surface area contributed by atoms with E-state index in [9.17, 15) is 0 Å². The molecule has 0 atom stereocenters. The molecule has 4 nitrogen and oxygen atoms in total. The van der Waals surface area contributed by atoms with Gasteiger partial charge < -0.3 is 5.73 Å². The largest absolute Gasteiger partial charge is 0.382 e. The summed E-state index contributed by atoms with van der Waals surface area (Å²) in [7, 11) is 0. The third-order valence-electron chi connectivity index (χ3n) is 2.59. The van der Waals surface area contributed by atoms with Crippen LogP contribution in [0, 0.1) is 11.3 Å². The molecule has 0 amide bonds. The van der Waals surface area contributed by atoms with Crippen molar-refractivity contribution in [2.24, 2.45) is 0 Å². The Morgan fingerprint density at radius 3 is 2.65 bits per heavy atom. The van der Waals surface area contributed by atoms with E-state index in [4.69, 9.17) is 11.0 Å². The molecule has 17 heavy (non-hydrogen) atoms. The first-order valence-electron chi connectivity index (χ1n) is 5.60. The summed E-state index contributed by atoms with van der Waals surface area (Å²) in [5.74, 6) is 0.419. The van der Waals surface area contributed by atoms with E-state index in [1.54, 1.807) is 4.68 Å². The van der Waals surface area contributed by atoms with Gasteiger partial charge in [-0.15, -0.1) is 0 Å². The Balaban J connectivity index is 2.54. The summed E-state index contributed by atoms with van der Waals surface area (Å²) < 4.78 is 1.63. The molecule has 0 saturated carbocycles. The van der Waals surface area contributed by atoms with Crippen LogP contribution in [-0.2, 0) is 6.42 Å². The van der Waals surface area contributed by atoms with Gasteiger partial charge in [-0.05, 0) is 18.6 Å². The van der Waals surface area contributed by atoms with Crippen molar-refractivity contribution in [1.82, 2.24) is 9.78 Å². The fourth-order valence-electron chi connectivity index (χ4n) is 1.78. The number of nitrogen functional groups attached to an aromatic ring is 1. The molecule has 0 radical (unpaired) electrons. The molecule has 4 heteroatoms. The number of hydrogen-bond acceptors (Lipinski definition) is 3. The maximum Gasteiger partial charge on any atom is 0.145 e. The standard InChI is InChI=1S/C13H14N4/c1-2-6-12-11(9-14)13(15)17(16-12)10-7-4-3-5-8-10/h3-5,7-8H,2,6,15H2,1H3. The van der Waals surface area contributed by atoms with Crippen molar-refractivity contribution in [2.75, 3.05) is 5.73 Å². The molecule has 1 aromatic heterocycles. The number of para-hydroxylation sites is 1. The Hall–Kier alpha value is -2.28. The number of nitrogens with two attached hydrogens (primary N) is 1. The summed E-state index contributed by atoms with van der Waals surface area (Å²) in [4.78, 5) is 0. The van der Waals surface area contributed by atoms with Crippen molar-refractivity contribution >= 4 is 5.82 Å². The highest BCUT2D eigenvalue weighted by atomic mass is 15.3. The quantitative estimate of drug-likeness (QED) is 0.873. The molecular weight excluding hydrogens is 212 g/mol. The van der Waals surface area contributed by atoms with Crippen LogP contribution in [0.4, 0.5) is 5.82 Å². The Bertz CT molecular complexity index is 549. The zero-order valence-corrected chi connectivity index (χ0v) is 9.72. The molecule has 2 rings (SSSR count). The molecule has 0 unspecified atom stereocenters. The second-order valence-electron chi connectivity index (χ2n) is 3.82. The predicted octanol–water partition coefficient (Wildman–Crippen LogP) is 2.28. The molecule has 2 N–H and O–H groups in total. The van der Waals surface area contributed by atoms with Gasteiger partial charge in [0.1, 0.15) is 17.5 Å². The monoisotopic (exact) mass is 226 g/mol. The predicted molar refractivity (Wildman–Crippen MR) is 66.7 cm³/mol. The fourth-order valence-corrected chi connectivity index (χ4v) is 1.78. The van der Waals surface area contributed by atoms with Gasteiger partial charge >= 0.3 is 0 Å². The van der Waals surface area contributed by atoms with E-state index in [1.165, 1.54) is 0 Å². The summed E-state index contributed by atoms with van der Waals surface area (Å²) >= 11 is 0. The van der Waals surface area contributed by atoms with Crippen LogP contribution in [0.25, 0.3) is 5.69 Å². The highest BCUT2D eigenvalue weighted by Gasteiger charge is 2.15. The minimum Gasteiger partial charge on any atom is -0.382 e. The molecule has 0 bridgehead atoms. The first-order valence-corrected chi connectivity index (χ1v) is 5.60. The second kappa shape index (κ2) is 4.71. The number of aryl methyl sites for hydroxylation is 1. The molecule has 1 heterocycles. The zero-order valence-electron chi connectivity index (χ0n) is 9.72. The van der Waals surface area contributed by atoms with Gasteiger partial charge in [0, 0.05) is 0 Å². The van der Waals surface area contributed by atoms with Crippen molar-refractivity contribution in [3.8, 4) is 11.8 Å². The number of nitrogens with zero attached hydrogens (tertiary/aromatic N) is 3. The Labute approximate surface area is 100 Å². The second-order valence-corrected chi connectivity index (χ2v) is 3.82. The summed E-state index contributed by atoms with van der Waals surface area (Å²) in [5.41, 5.74) is 8.10. The zero-order chi connectivity index (χ0) is 12.3. The van der Waals surface area contributed by atoms with Gasteiger partial charge in [0.15, 0.2) is 0 Å². The van der Waals surface area contributed by atoms with Crippen molar-refractivity contribution in [1.29, 1.82) is 5.26 Å². The third-order valence-corrected chi connectivity index (χ3v) is 2.59. The highest BCUT2D eigenvalue weighted by molar-refractivity contribution is 5.56. The molecule has 0 spiro atoms. The van der Waals surface area contributed by atoms with E-state index in [0.717, 1.165) is 24.2 Å². The van der Waals surface area contributed by atoms with Crippen molar-refractivity contribution < 1.29 is 0 Å². The van der Waals surface area contributed by atoms with E-state index in [0.29, 0.717) is 11.4 Å². The summed E-state index contributed by atoms with van der Waals surface area (Å²) in [5, 5.41) is 13.5. The number of benzene rings is 1. The lowest BCUT2D eigenvalue weighted by Crippen LogP contribution is -2.02. The van der Waals surface area contributed by atoms with Crippen molar-refractivity contribution in [3.63, 3.8) is 0 Å². The molecule has 1 aromatic carbocycles. The van der Waals surface area contributed by atoms with Crippen LogP contribution in [-0.4, -0.2) is 9.78 Å². The van der Waals surface area contributed by atoms with Gasteiger partial charge in [0.2, 0.25) is 0 Å². The first kappa shape index (κ1) is 11.2. The van der Waals surface area contributed by atoms with Crippen LogP contribution in [0.2, 0.25) is 0 Å². The van der Waals surface area contributed by atoms with Gasteiger partial charge in [-0.3, -0.25) is 0 Å². The van der Waals surface area contributed by atoms with Crippen LogP contribution in [0.15, 0.2) is 30.3 Å². The summed E-state index contributed by atoms with van der Waals surface area (Å²) in [6.45, 7) is 2.05. The van der Waals surface area contributed by atoms with Crippen LogP contribution < -0.4 is 5.73 Å². The Morgan fingerprint density at radius 1 is 1.35 bits per heavy atom. The molecule has 0 aliphatic carbocycles. The highest BCUT2D eigenvalue weighted by Crippen LogP contribution is 2.21. The number of rotatable bonds is 3. The van der Waals surface area contributed by atoms with Gasteiger partial charge in [0.25, 0.3) is 0 Å². The van der Waals surface area contributed by atoms with E-state index < -0.39 is 0 Å². The molecule has 0 saturated heterocycles. The van der Waals surface area contributed by atoms with Gasteiger partial charge in [-0.25, -0.2) is 4.68 Å². The van der Waals surface area contributed by atoms with E-state index in [1.807, 2.05) is 30.3 Å². The first-order chi connectivity index (χ1) is 8.27. The Kier molecular flexibility index (Phi) is 3.10. The van der Waals surface area contributed by atoms with E-state index in [-0.39, 0.29) is 0 Å². The lowest BCUT2D eigenvalue weighted by molar-refractivity contribution is 0.810. The topological polar surface area (TPSA) is 67.6 Å².